The summed E-state index contributed by atoms with van der Waals surface area (Å²) < 4.78 is 30.0. The summed E-state index contributed by atoms with van der Waals surface area (Å²) in [6.45, 7) is 0.306. The molecule has 0 heterocycles. The zero-order valence-electron chi connectivity index (χ0n) is 13.8. The quantitative estimate of drug-likeness (QED) is 0.119. The number of halogens is 8. The van der Waals surface area contributed by atoms with Crippen molar-refractivity contribution >= 4 is 127 Å². The van der Waals surface area contributed by atoms with Gasteiger partial charge in [0, 0.05) is 55.1 Å². The van der Waals surface area contributed by atoms with Gasteiger partial charge in [-0.25, -0.2) is 4.57 Å². The Kier molecular flexibility index (Phi) is 17.5. The molecule has 4 nitrogen and oxygen atoms in total. The van der Waals surface area contributed by atoms with Gasteiger partial charge in [0.15, 0.2) is 0 Å². The van der Waals surface area contributed by atoms with Gasteiger partial charge in [-0.05, 0) is 0 Å². The smallest absolute Gasteiger partial charge is 0.286 e. The van der Waals surface area contributed by atoms with E-state index in [0.29, 0.717) is 38.4 Å². The third kappa shape index (κ3) is 10.3. The van der Waals surface area contributed by atoms with Crippen LogP contribution in [0.25, 0.3) is 0 Å². The fraction of sp³-hybridized carbons (Fsp3) is 1.00. The lowest BCUT2D eigenvalue weighted by Crippen LogP contribution is -2.34. The molecule has 0 fully saturated rings. The second kappa shape index (κ2) is 15.4. The van der Waals surface area contributed by atoms with Crippen molar-refractivity contribution in [1.82, 2.24) is 0 Å². The Morgan fingerprint density at radius 1 is 0.808 bits per heavy atom. The predicted molar refractivity (Wildman–Crippen MR) is 133 cm³/mol. The van der Waals surface area contributed by atoms with Gasteiger partial charge in [-0.1, -0.05) is 107 Å². The highest BCUT2D eigenvalue weighted by Gasteiger charge is 2.39. The van der Waals surface area contributed by atoms with Gasteiger partial charge in [-0.2, -0.15) is 0 Å². The van der Waals surface area contributed by atoms with Crippen molar-refractivity contribution in [3.63, 3.8) is 0 Å². The Hall–Kier alpha value is 3.57. The topological polar surface area (TPSA) is 44.8 Å². The van der Waals surface area contributed by atoms with Crippen molar-refractivity contribution in [2.45, 2.75) is 12.0 Å². The maximum absolute atomic E-state index is 13.2. The van der Waals surface area contributed by atoms with E-state index in [1.165, 1.54) is 0 Å². The van der Waals surface area contributed by atoms with Crippen LogP contribution in [0.4, 0.5) is 0 Å². The number of hydrogen-bond acceptors (Lipinski definition) is 4. The van der Waals surface area contributed by atoms with Crippen molar-refractivity contribution in [2.75, 3.05) is 51.1 Å². The number of phosphoric acid groups is 1. The molecule has 0 aromatic carbocycles. The molecule has 1 atom stereocenters. The van der Waals surface area contributed by atoms with Crippen LogP contribution in [0, 0.1) is 10.8 Å². The summed E-state index contributed by atoms with van der Waals surface area (Å²) in [6.07, 6.45) is 0.320. The molecule has 0 spiro atoms. The molecule has 0 saturated carbocycles. The molecule has 0 radical (unpaired) electrons. The van der Waals surface area contributed by atoms with Crippen LogP contribution in [-0.4, -0.2) is 56.6 Å². The third-order valence-corrected chi connectivity index (χ3v) is 12.5. The minimum atomic E-state index is -3.89. The second-order valence-electron chi connectivity index (χ2n) is 5.79. The Morgan fingerprint density at radius 3 is 1.42 bits per heavy atom. The lowest BCUT2D eigenvalue weighted by atomic mass is 9.98. The Balaban J connectivity index is 5.26. The van der Waals surface area contributed by atoms with Crippen molar-refractivity contribution in [3.05, 3.63) is 0 Å². The summed E-state index contributed by atoms with van der Waals surface area (Å²) >= 11 is 32.6. The van der Waals surface area contributed by atoms with Gasteiger partial charge >= 0.3 is 7.82 Å². The summed E-state index contributed by atoms with van der Waals surface area (Å²) in [5.41, 5.74) is -1.49. The molecule has 0 rings (SSSR count). The average molecular weight is 823 g/mol. The third-order valence-electron chi connectivity index (χ3n) is 3.34. The van der Waals surface area contributed by atoms with Gasteiger partial charge in [-0.3, -0.25) is 13.6 Å². The largest absolute Gasteiger partial charge is 0.476 e. The fourth-order valence-electron chi connectivity index (χ4n) is 1.25. The van der Waals surface area contributed by atoms with Gasteiger partial charge in [0.25, 0.3) is 0 Å². The maximum atomic E-state index is 13.2. The first-order valence-corrected chi connectivity index (χ1v) is 16.5. The van der Waals surface area contributed by atoms with E-state index in [-0.39, 0.29) is 29.9 Å². The van der Waals surface area contributed by atoms with Crippen LogP contribution >= 0.6 is 127 Å². The van der Waals surface area contributed by atoms with E-state index in [1.54, 1.807) is 0 Å². The molecule has 158 valence electrons. The van der Waals surface area contributed by atoms with Crippen LogP contribution in [0.5, 0.6) is 0 Å². The molecule has 13 heteroatoms. The number of phosphoric ester groups is 1. The highest BCUT2D eigenvalue weighted by Crippen LogP contribution is 2.54. The van der Waals surface area contributed by atoms with E-state index in [4.69, 9.17) is 36.8 Å². The number of alkyl halides is 8. The Morgan fingerprint density at radius 2 is 1.15 bits per heavy atom. The first-order valence-electron chi connectivity index (χ1n) is 7.37. The Labute approximate surface area is 216 Å². The van der Waals surface area contributed by atoms with E-state index < -0.39 is 13.4 Å². The second-order valence-corrected chi connectivity index (χ2v) is 11.6. The van der Waals surface area contributed by atoms with Crippen LogP contribution in [-0.2, 0) is 18.1 Å². The summed E-state index contributed by atoms with van der Waals surface area (Å²) in [5.74, 6) is 0.274. The van der Waals surface area contributed by atoms with Gasteiger partial charge in [0.05, 0.1) is 13.2 Å². The zero-order valence-corrected chi connectivity index (χ0v) is 25.7. The van der Waals surface area contributed by atoms with E-state index >= 15 is 0 Å². The molecule has 0 aromatic heterocycles. The van der Waals surface area contributed by atoms with Gasteiger partial charge in [-0.15, -0.1) is 11.6 Å². The summed E-state index contributed by atoms with van der Waals surface area (Å²) in [5, 5.41) is 3.81. The van der Waals surface area contributed by atoms with Crippen molar-refractivity contribution in [3.8, 4) is 0 Å². The van der Waals surface area contributed by atoms with Crippen molar-refractivity contribution < 1.29 is 18.1 Å². The molecule has 0 saturated heterocycles. The van der Waals surface area contributed by atoms with Crippen LogP contribution < -0.4 is 0 Å². The maximum Gasteiger partial charge on any atom is 0.476 e. The molecule has 0 bridgehead atoms. The van der Waals surface area contributed by atoms with Crippen molar-refractivity contribution in [2.24, 2.45) is 10.8 Å². The minimum Gasteiger partial charge on any atom is -0.286 e. The first-order chi connectivity index (χ1) is 12.2. The SMILES string of the molecule is O=P(OCC(CBr)(CBr)CBr)(OCC(CBr)(CBr)CBr)OC(Cl)CCCl. The molecule has 0 N–H and O–H groups in total. The van der Waals surface area contributed by atoms with Gasteiger partial charge in [0.2, 0.25) is 0 Å². The molecular formula is C13H21Br6Cl2O4P. The average Bonchev–Trinajstić information content (AvgIpc) is 2.65. The van der Waals surface area contributed by atoms with Gasteiger partial charge in [0.1, 0.15) is 5.56 Å². The molecule has 1 unspecified atom stereocenters. The molecule has 0 aliphatic heterocycles. The van der Waals surface area contributed by atoms with Crippen LogP contribution in [0.2, 0.25) is 0 Å². The molecule has 0 aliphatic carbocycles. The predicted octanol–water partition coefficient (Wildman–Crippen LogP) is 7.68. The number of rotatable bonds is 16. The molecule has 26 heavy (non-hydrogen) atoms. The summed E-state index contributed by atoms with van der Waals surface area (Å²) in [7, 11) is -3.89. The van der Waals surface area contributed by atoms with E-state index in [0.717, 1.165) is 0 Å². The summed E-state index contributed by atoms with van der Waals surface area (Å²) in [6, 6.07) is 0. The lowest BCUT2D eigenvalue weighted by molar-refractivity contribution is 0.0652. The normalized spacial score (nSPS) is 14.6. The standard InChI is InChI=1S/C13H21Br6Cl2O4P/c14-3-12(4-15,5-16)9-23-26(22,25-11(21)1-2-20)24-10-13(6-17,7-18)8-19/h11H,1-10H2. The number of hydrogen-bond donors (Lipinski definition) is 0. The highest BCUT2D eigenvalue weighted by atomic mass is 79.9. The van der Waals surface area contributed by atoms with E-state index in [2.05, 4.69) is 95.6 Å². The van der Waals surface area contributed by atoms with Crippen LogP contribution in [0.15, 0.2) is 0 Å². The minimum absolute atomic E-state index is 0.153. The fourth-order valence-corrected chi connectivity index (χ4v) is 9.95. The molecule has 0 aliphatic rings. The van der Waals surface area contributed by atoms with Crippen molar-refractivity contribution in [1.29, 1.82) is 0 Å². The monoisotopic (exact) mass is 816 g/mol. The van der Waals surface area contributed by atoms with Gasteiger partial charge < -0.3 is 0 Å². The molecule has 0 amide bonds. The van der Waals surface area contributed by atoms with E-state index in [9.17, 15) is 4.57 Å². The zero-order chi connectivity index (χ0) is 20.3. The molecule has 0 aromatic rings. The lowest BCUT2D eigenvalue weighted by Gasteiger charge is -2.32. The first kappa shape index (κ1) is 29.6. The summed E-state index contributed by atoms with van der Waals surface area (Å²) in [4.78, 5) is 0. The van der Waals surface area contributed by atoms with Crippen LogP contribution in [0.1, 0.15) is 6.42 Å². The highest BCUT2D eigenvalue weighted by molar-refractivity contribution is 9.10. The van der Waals surface area contributed by atoms with E-state index in [1.807, 2.05) is 0 Å². The Bertz CT molecular complexity index is 385. The van der Waals surface area contributed by atoms with Crippen LogP contribution in [0.3, 0.4) is 0 Å². The molecular weight excluding hydrogens is 801 g/mol.